The zero-order valence-electron chi connectivity index (χ0n) is 22.3. The monoisotopic (exact) mass is 736 g/mol. The summed E-state index contributed by atoms with van der Waals surface area (Å²) in [7, 11) is 0. The lowest BCUT2D eigenvalue weighted by molar-refractivity contribution is 0.434. The molecule has 0 spiro atoms. The van der Waals surface area contributed by atoms with Crippen molar-refractivity contribution in [3.8, 4) is 11.5 Å². The highest BCUT2D eigenvalue weighted by molar-refractivity contribution is 9.10. The summed E-state index contributed by atoms with van der Waals surface area (Å²) >= 11 is 16.6. The molecule has 0 saturated carbocycles. The summed E-state index contributed by atoms with van der Waals surface area (Å²) in [6, 6.07) is 23.4. The summed E-state index contributed by atoms with van der Waals surface area (Å²) < 4.78 is 27.8. The van der Waals surface area contributed by atoms with Gasteiger partial charge in [0.25, 0.3) is 0 Å². The lowest BCUT2D eigenvalue weighted by atomic mass is 10.1. The van der Waals surface area contributed by atoms with Crippen LogP contribution >= 0.6 is 56.3 Å². The van der Waals surface area contributed by atoms with Gasteiger partial charge in [-0.05, 0) is 78.7 Å². The number of hydrogen-bond acceptors (Lipinski definition) is 4. The Labute approximate surface area is 270 Å². The highest BCUT2D eigenvalue weighted by atomic mass is 79.9. The van der Waals surface area contributed by atoms with Crippen molar-refractivity contribution in [3.63, 3.8) is 0 Å². The highest BCUT2D eigenvalue weighted by Gasteiger charge is 2.11. The number of phenols is 2. The van der Waals surface area contributed by atoms with Crippen molar-refractivity contribution in [1.29, 1.82) is 0 Å². The molecule has 220 valence electrons. The maximum Gasteiger partial charge on any atom is 0.175 e. The first kappa shape index (κ1) is 33.2. The van der Waals surface area contributed by atoms with Crippen LogP contribution in [0.1, 0.15) is 16.7 Å². The summed E-state index contributed by atoms with van der Waals surface area (Å²) in [6.45, 7) is 3.21. The van der Waals surface area contributed by atoms with E-state index in [1.807, 2.05) is 61.5 Å². The largest absolute Gasteiger partial charge is 0.503 e. The van der Waals surface area contributed by atoms with Crippen LogP contribution in [-0.2, 0) is 13.0 Å². The number of rotatable bonds is 7. The number of hydrogen-bond donors (Lipinski definition) is 6. The second-order valence-electron chi connectivity index (χ2n) is 8.92. The van der Waals surface area contributed by atoms with E-state index in [0.717, 1.165) is 17.5 Å². The van der Waals surface area contributed by atoms with Crippen LogP contribution in [0.4, 0.5) is 20.2 Å². The van der Waals surface area contributed by atoms with Crippen molar-refractivity contribution in [1.82, 2.24) is 10.6 Å². The maximum atomic E-state index is 13.4. The van der Waals surface area contributed by atoms with E-state index >= 15 is 0 Å². The molecule has 6 N–H and O–H groups in total. The first-order valence-electron chi connectivity index (χ1n) is 12.6. The van der Waals surface area contributed by atoms with E-state index in [9.17, 15) is 19.0 Å². The van der Waals surface area contributed by atoms with Crippen LogP contribution in [0.3, 0.4) is 0 Å². The molecule has 6 nitrogen and oxygen atoms in total. The zero-order valence-corrected chi connectivity index (χ0v) is 27.2. The number of anilines is 2. The third-order valence-corrected chi connectivity index (χ3v) is 7.20. The Morgan fingerprint density at radius 1 is 0.738 bits per heavy atom. The Hall–Kier alpha value is -3.32. The Morgan fingerprint density at radius 3 is 1.79 bits per heavy atom. The van der Waals surface area contributed by atoms with Crippen molar-refractivity contribution in [2.75, 3.05) is 17.2 Å². The average Bonchev–Trinajstić information content (AvgIpc) is 2.94. The summed E-state index contributed by atoms with van der Waals surface area (Å²) in [5, 5.41) is 31.5. The highest BCUT2D eigenvalue weighted by Crippen LogP contribution is 2.31. The van der Waals surface area contributed by atoms with E-state index in [1.165, 1.54) is 17.7 Å². The molecule has 4 aromatic rings. The average molecular weight is 739 g/mol. The number of aryl methyl sites for hydroxylation is 1. The van der Waals surface area contributed by atoms with Crippen LogP contribution in [0.15, 0.2) is 87.8 Å². The van der Waals surface area contributed by atoms with Crippen molar-refractivity contribution in [3.05, 3.63) is 116 Å². The van der Waals surface area contributed by atoms with Gasteiger partial charge in [0.15, 0.2) is 33.4 Å². The Balaban J connectivity index is 0.000000230. The fourth-order valence-corrected chi connectivity index (χ4v) is 4.86. The minimum absolute atomic E-state index is 0.212. The van der Waals surface area contributed by atoms with E-state index in [-0.39, 0.29) is 11.4 Å². The quantitative estimate of drug-likeness (QED) is 0.0844. The van der Waals surface area contributed by atoms with Gasteiger partial charge in [-0.15, -0.1) is 0 Å². The van der Waals surface area contributed by atoms with E-state index in [0.29, 0.717) is 32.3 Å². The molecule has 0 aliphatic rings. The molecule has 0 bridgehead atoms. The smallest absolute Gasteiger partial charge is 0.175 e. The number of halogens is 4. The van der Waals surface area contributed by atoms with Gasteiger partial charge >= 0.3 is 0 Å². The first-order valence-corrected chi connectivity index (χ1v) is 15.0. The number of aromatic hydroxyl groups is 2. The molecule has 0 saturated heterocycles. The molecule has 12 heteroatoms. The Bertz CT molecular complexity index is 1550. The number of nitrogens with one attached hydrogen (secondary N) is 4. The van der Waals surface area contributed by atoms with E-state index in [4.69, 9.17) is 24.4 Å². The number of benzene rings is 4. The van der Waals surface area contributed by atoms with Gasteiger partial charge < -0.3 is 31.5 Å². The summed E-state index contributed by atoms with van der Waals surface area (Å²) in [5.41, 5.74) is 3.91. The summed E-state index contributed by atoms with van der Waals surface area (Å²) in [6.07, 6.45) is 0.821. The number of phenolic OH excluding ortho intramolecular Hbond substituents is 2. The van der Waals surface area contributed by atoms with Gasteiger partial charge in [-0.2, -0.15) is 0 Å². The van der Waals surface area contributed by atoms with Crippen molar-refractivity contribution < 1.29 is 19.0 Å². The van der Waals surface area contributed by atoms with Crippen molar-refractivity contribution in [2.45, 2.75) is 19.9 Å². The first-order chi connectivity index (χ1) is 20.0. The van der Waals surface area contributed by atoms with Crippen LogP contribution in [0.2, 0.25) is 0 Å². The maximum absolute atomic E-state index is 13.4. The van der Waals surface area contributed by atoms with Gasteiger partial charge in [0, 0.05) is 22.0 Å². The van der Waals surface area contributed by atoms with Crippen molar-refractivity contribution >= 4 is 77.9 Å². The molecule has 0 aromatic heterocycles. The molecule has 42 heavy (non-hydrogen) atoms. The molecular formula is C30H28Br2F2N4O2S2. The summed E-state index contributed by atoms with van der Waals surface area (Å²) in [4.78, 5) is 0. The summed E-state index contributed by atoms with van der Waals surface area (Å²) in [5.74, 6) is -2.34. The fourth-order valence-electron chi connectivity index (χ4n) is 3.60. The van der Waals surface area contributed by atoms with Crippen molar-refractivity contribution in [2.24, 2.45) is 0 Å². The molecule has 0 amide bonds. The third kappa shape index (κ3) is 10.5. The Morgan fingerprint density at radius 2 is 1.24 bits per heavy atom. The number of thiocarbonyl (C=S) groups is 2. The van der Waals surface area contributed by atoms with Crippen LogP contribution in [0.5, 0.6) is 11.5 Å². The van der Waals surface area contributed by atoms with Crippen LogP contribution in [-0.4, -0.2) is 27.0 Å². The van der Waals surface area contributed by atoms with Crippen LogP contribution in [0, 0.1) is 18.6 Å². The lowest BCUT2D eigenvalue weighted by Gasteiger charge is -2.13. The molecule has 0 heterocycles. The molecule has 0 aliphatic heterocycles. The van der Waals surface area contributed by atoms with Crippen LogP contribution in [0.25, 0.3) is 0 Å². The Kier molecular flexibility index (Phi) is 12.9. The normalized spacial score (nSPS) is 10.2. The van der Waals surface area contributed by atoms with E-state index in [2.05, 4.69) is 53.1 Å². The molecule has 0 unspecified atom stereocenters. The van der Waals surface area contributed by atoms with Gasteiger partial charge in [0.1, 0.15) is 0 Å². The molecule has 0 atom stereocenters. The molecule has 0 aliphatic carbocycles. The van der Waals surface area contributed by atoms with Crippen LogP contribution < -0.4 is 21.3 Å². The zero-order chi connectivity index (χ0) is 30.6. The minimum Gasteiger partial charge on any atom is -0.503 e. The van der Waals surface area contributed by atoms with Gasteiger partial charge in [0.2, 0.25) is 0 Å². The topological polar surface area (TPSA) is 88.6 Å². The van der Waals surface area contributed by atoms with Gasteiger partial charge in [-0.25, -0.2) is 8.78 Å². The standard InChI is InChI=1S/2C15H14BrFN2OS/c1-9-4-2-3-5-10(9)8-18-15(21)19-13-7-11(16)6-12(17)14(13)20;16-11-8-12(17)14(20)13(9-11)19-15(21)18-7-6-10-4-2-1-3-5-10/h2-7,20H,8H2,1H3,(H2,18,19,21);1-5,8-9,20H,6-7H2,(H2,18,19,21). The van der Waals surface area contributed by atoms with Gasteiger partial charge in [-0.3, -0.25) is 0 Å². The second-order valence-corrected chi connectivity index (χ2v) is 11.6. The molecule has 0 radical (unpaired) electrons. The molecule has 0 fully saturated rings. The second kappa shape index (κ2) is 16.4. The third-order valence-electron chi connectivity index (χ3n) is 5.80. The van der Waals surface area contributed by atoms with E-state index in [1.54, 1.807) is 12.1 Å². The molecule has 4 rings (SSSR count). The molecular weight excluding hydrogens is 710 g/mol. The molecule has 4 aromatic carbocycles. The fraction of sp³-hybridized carbons (Fsp3) is 0.133. The predicted molar refractivity (Wildman–Crippen MR) is 180 cm³/mol. The lowest BCUT2D eigenvalue weighted by Crippen LogP contribution is -2.30. The van der Waals surface area contributed by atoms with E-state index < -0.39 is 23.1 Å². The van der Waals surface area contributed by atoms with Gasteiger partial charge in [-0.1, -0.05) is 86.5 Å². The SMILES string of the molecule is Cc1ccccc1CNC(=S)Nc1cc(Br)cc(F)c1O.Oc1c(F)cc(Br)cc1NC(=S)NCCc1ccccc1. The predicted octanol–water partition coefficient (Wildman–Crippen LogP) is 7.91. The van der Waals surface area contributed by atoms with Gasteiger partial charge in [0.05, 0.1) is 11.4 Å². The minimum atomic E-state index is -0.714.